The Hall–Kier alpha value is -2.35. The zero-order chi connectivity index (χ0) is 16.7. The van der Waals surface area contributed by atoms with E-state index in [1.165, 1.54) is 6.20 Å². The summed E-state index contributed by atoms with van der Waals surface area (Å²) in [6, 6.07) is 2.05. The first-order valence-corrected chi connectivity index (χ1v) is 8.35. The molecule has 3 heterocycles. The summed E-state index contributed by atoms with van der Waals surface area (Å²) < 4.78 is 1.81. The maximum Gasteiger partial charge on any atom is 0.273 e. The minimum Gasteiger partial charge on any atom is -0.348 e. The van der Waals surface area contributed by atoms with Gasteiger partial charge in [0.2, 0.25) is 0 Å². The van der Waals surface area contributed by atoms with Gasteiger partial charge in [-0.05, 0) is 25.3 Å². The number of aryl methyl sites for hydroxylation is 1. The lowest BCUT2D eigenvalue weighted by Gasteiger charge is -2.19. The van der Waals surface area contributed by atoms with Crippen LogP contribution >= 0.6 is 11.6 Å². The van der Waals surface area contributed by atoms with Crippen LogP contribution in [0.15, 0.2) is 12.3 Å². The molecular formula is C15H17ClN6O2. The second kappa shape index (κ2) is 5.94. The number of carbonyl (C=O) groups excluding carboxylic acids is 2. The van der Waals surface area contributed by atoms with Crippen molar-refractivity contribution < 1.29 is 9.59 Å². The minimum atomic E-state index is -0.198. The molecule has 0 atom stereocenters. The normalized spacial score (nSPS) is 17.3. The van der Waals surface area contributed by atoms with Crippen molar-refractivity contribution in [2.45, 2.75) is 38.4 Å². The third-order valence-electron chi connectivity index (χ3n) is 4.25. The monoisotopic (exact) mass is 348 g/mol. The summed E-state index contributed by atoms with van der Waals surface area (Å²) in [6.07, 6.45) is 4.24. The summed E-state index contributed by atoms with van der Waals surface area (Å²) in [7, 11) is 0. The van der Waals surface area contributed by atoms with Gasteiger partial charge in [0.25, 0.3) is 11.8 Å². The van der Waals surface area contributed by atoms with Crippen LogP contribution in [0.5, 0.6) is 0 Å². The van der Waals surface area contributed by atoms with E-state index in [2.05, 4.69) is 20.6 Å². The van der Waals surface area contributed by atoms with Crippen LogP contribution in [0.2, 0.25) is 5.02 Å². The van der Waals surface area contributed by atoms with Gasteiger partial charge in [-0.3, -0.25) is 19.4 Å². The van der Waals surface area contributed by atoms with Crippen LogP contribution in [0.1, 0.15) is 45.9 Å². The van der Waals surface area contributed by atoms with E-state index >= 15 is 0 Å². The van der Waals surface area contributed by atoms with E-state index in [1.807, 2.05) is 4.68 Å². The van der Waals surface area contributed by atoms with Gasteiger partial charge in [0.05, 0.1) is 23.5 Å². The fourth-order valence-corrected chi connectivity index (χ4v) is 2.99. The number of nitrogens with one attached hydrogen (secondary N) is 2. The van der Waals surface area contributed by atoms with Crippen molar-refractivity contribution in [3.05, 3.63) is 34.4 Å². The molecule has 0 spiro atoms. The Morgan fingerprint density at radius 2 is 2.17 bits per heavy atom. The molecule has 9 heteroatoms. The van der Waals surface area contributed by atoms with Crippen molar-refractivity contribution in [1.82, 2.24) is 30.2 Å². The molecule has 2 aromatic heterocycles. The zero-order valence-corrected chi connectivity index (χ0v) is 13.7. The number of nitrogens with zero attached hydrogens (tertiary/aromatic N) is 4. The van der Waals surface area contributed by atoms with Gasteiger partial charge in [0.15, 0.2) is 5.69 Å². The van der Waals surface area contributed by atoms with Crippen molar-refractivity contribution >= 4 is 23.4 Å². The third-order valence-corrected chi connectivity index (χ3v) is 4.54. The Morgan fingerprint density at radius 1 is 1.33 bits per heavy atom. The molecule has 0 aromatic carbocycles. The summed E-state index contributed by atoms with van der Waals surface area (Å²) in [4.78, 5) is 26.4. The van der Waals surface area contributed by atoms with Gasteiger partial charge < -0.3 is 10.2 Å². The predicted molar refractivity (Wildman–Crippen MR) is 85.7 cm³/mol. The van der Waals surface area contributed by atoms with E-state index < -0.39 is 0 Å². The van der Waals surface area contributed by atoms with Gasteiger partial charge in [0.1, 0.15) is 5.69 Å². The maximum atomic E-state index is 12.6. The molecule has 2 N–H and O–H groups in total. The number of fused-ring (bicyclic) bond motifs is 1. The van der Waals surface area contributed by atoms with E-state index in [0.29, 0.717) is 36.4 Å². The first-order valence-electron chi connectivity index (χ1n) is 7.97. The van der Waals surface area contributed by atoms with Crippen LogP contribution in [-0.2, 0) is 13.1 Å². The molecule has 126 valence electrons. The lowest BCUT2D eigenvalue weighted by atomic mass is 10.3. The number of hydrogen-bond acceptors (Lipinski definition) is 4. The van der Waals surface area contributed by atoms with E-state index in [9.17, 15) is 9.59 Å². The molecule has 0 saturated heterocycles. The lowest BCUT2D eigenvalue weighted by Crippen LogP contribution is -2.31. The van der Waals surface area contributed by atoms with E-state index in [1.54, 1.807) is 11.0 Å². The quantitative estimate of drug-likeness (QED) is 0.871. The van der Waals surface area contributed by atoms with Crippen molar-refractivity contribution in [2.24, 2.45) is 0 Å². The minimum absolute atomic E-state index is 0.146. The van der Waals surface area contributed by atoms with Gasteiger partial charge in [-0.15, -0.1) is 0 Å². The van der Waals surface area contributed by atoms with E-state index in [0.717, 1.165) is 25.0 Å². The van der Waals surface area contributed by atoms with Crippen molar-refractivity contribution in [1.29, 1.82) is 0 Å². The lowest BCUT2D eigenvalue weighted by molar-refractivity contribution is 0.0740. The fraction of sp³-hybridized carbons (Fsp3) is 0.467. The van der Waals surface area contributed by atoms with Gasteiger partial charge in [-0.2, -0.15) is 10.2 Å². The molecule has 1 saturated carbocycles. The summed E-state index contributed by atoms with van der Waals surface area (Å²) in [6.45, 7) is 1.66. The molecule has 0 bridgehead atoms. The molecule has 0 unspecified atom stereocenters. The molecular weight excluding hydrogens is 332 g/mol. The van der Waals surface area contributed by atoms with Crippen molar-refractivity contribution in [3.63, 3.8) is 0 Å². The highest BCUT2D eigenvalue weighted by Gasteiger charge is 2.28. The number of amides is 2. The summed E-state index contributed by atoms with van der Waals surface area (Å²) in [5, 5.41) is 14.1. The third kappa shape index (κ3) is 2.89. The van der Waals surface area contributed by atoms with Gasteiger partial charge in [-0.25, -0.2) is 0 Å². The van der Waals surface area contributed by atoms with Crippen LogP contribution in [0.3, 0.4) is 0 Å². The van der Waals surface area contributed by atoms with Crippen LogP contribution < -0.4 is 5.32 Å². The van der Waals surface area contributed by atoms with Crippen LogP contribution in [-0.4, -0.2) is 49.3 Å². The highest BCUT2D eigenvalue weighted by molar-refractivity contribution is 6.33. The van der Waals surface area contributed by atoms with Crippen LogP contribution in [0.25, 0.3) is 0 Å². The molecule has 2 aromatic rings. The highest BCUT2D eigenvalue weighted by Crippen LogP contribution is 2.21. The first kappa shape index (κ1) is 15.2. The van der Waals surface area contributed by atoms with E-state index in [-0.39, 0.29) is 17.5 Å². The predicted octanol–water partition coefficient (Wildman–Crippen LogP) is 1.20. The second-order valence-electron chi connectivity index (χ2n) is 6.16. The molecule has 1 aliphatic heterocycles. The van der Waals surface area contributed by atoms with Crippen molar-refractivity contribution in [3.8, 4) is 0 Å². The Bertz CT molecular complexity index is 794. The molecule has 2 amide bonds. The molecule has 2 aliphatic rings. The van der Waals surface area contributed by atoms with Crippen molar-refractivity contribution in [2.75, 3.05) is 6.54 Å². The summed E-state index contributed by atoms with van der Waals surface area (Å²) in [5.41, 5.74) is 1.54. The summed E-state index contributed by atoms with van der Waals surface area (Å²) in [5.74, 6) is -0.344. The Balaban J connectivity index is 1.53. The zero-order valence-electron chi connectivity index (χ0n) is 13.0. The number of H-pyrrole nitrogens is 1. The first-order chi connectivity index (χ1) is 11.6. The largest absolute Gasteiger partial charge is 0.348 e. The average molecular weight is 349 g/mol. The van der Waals surface area contributed by atoms with Gasteiger partial charge in [-0.1, -0.05) is 11.6 Å². The van der Waals surface area contributed by atoms with E-state index in [4.69, 9.17) is 11.6 Å². The number of halogens is 1. The smallest absolute Gasteiger partial charge is 0.273 e. The van der Waals surface area contributed by atoms with Crippen LogP contribution in [0, 0.1) is 0 Å². The summed E-state index contributed by atoms with van der Waals surface area (Å²) >= 11 is 5.98. The Labute approximate surface area is 143 Å². The number of hydrogen-bond donors (Lipinski definition) is 2. The molecule has 8 nitrogen and oxygen atoms in total. The Morgan fingerprint density at radius 3 is 2.88 bits per heavy atom. The standard InChI is InChI=1S/C15H17ClN6O2/c16-11-7-17-19-13(11)15(24)21-4-1-5-22-10(8-21)6-12(20-22)14(23)18-9-2-3-9/h6-7,9H,1-5,8H2,(H,17,19)(H,18,23). The second-order valence-corrected chi connectivity index (χ2v) is 6.57. The molecule has 24 heavy (non-hydrogen) atoms. The number of carbonyl (C=O) groups is 2. The maximum absolute atomic E-state index is 12.6. The Kier molecular flexibility index (Phi) is 3.76. The van der Waals surface area contributed by atoms with Gasteiger partial charge in [0, 0.05) is 19.1 Å². The topological polar surface area (TPSA) is 95.9 Å². The fourth-order valence-electron chi connectivity index (χ4n) is 2.81. The molecule has 4 rings (SSSR count). The molecule has 0 radical (unpaired) electrons. The SMILES string of the molecule is O=C(NC1CC1)c1cc2n(n1)CCCN(C(=O)c1[nH]ncc1Cl)C2. The highest BCUT2D eigenvalue weighted by atomic mass is 35.5. The van der Waals surface area contributed by atoms with Crippen LogP contribution in [0.4, 0.5) is 0 Å². The molecule has 1 aliphatic carbocycles. The number of rotatable bonds is 3. The number of aromatic amines is 1. The number of aromatic nitrogens is 4. The van der Waals surface area contributed by atoms with Gasteiger partial charge >= 0.3 is 0 Å². The molecule has 1 fully saturated rings. The average Bonchev–Trinajstić information content (AvgIpc) is 3.19.